The van der Waals surface area contributed by atoms with Crippen molar-refractivity contribution >= 4 is 29.3 Å². The number of nitrogens with zero attached hydrogens (tertiary/aromatic N) is 1. The first-order valence-electron chi connectivity index (χ1n) is 6.35. The van der Waals surface area contributed by atoms with E-state index in [0.717, 1.165) is 10.4 Å². The van der Waals surface area contributed by atoms with E-state index >= 15 is 0 Å². The lowest BCUT2D eigenvalue weighted by molar-refractivity contribution is -0.125. The summed E-state index contributed by atoms with van der Waals surface area (Å²) in [7, 11) is 1.71. The molecule has 0 saturated carbocycles. The molecule has 0 atom stereocenters. The number of hydrogen-bond donors (Lipinski definition) is 1. The molecule has 2 aromatic rings. The third kappa shape index (κ3) is 4.29. The molecule has 0 aliphatic heterocycles. The predicted octanol–water partition coefficient (Wildman–Crippen LogP) is 3.12. The van der Waals surface area contributed by atoms with Crippen molar-refractivity contribution in [2.45, 2.75) is 6.54 Å². The van der Waals surface area contributed by atoms with Gasteiger partial charge in [-0.1, -0.05) is 18.2 Å². The monoisotopic (exact) mass is 301 g/mol. The summed E-state index contributed by atoms with van der Waals surface area (Å²) in [4.78, 5) is 25.3. The van der Waals surface area contributed by atoms with Crippen LogP contribution in [0.3, 0.4) is 0 Å². The fraction of sp³-hybridized carbons (Fsp3) is 0.125. The van der Waals surface area contributed by atoms with Gasteiger partial charge in [-0.3, -0.25) is 4.79 Å². The van der Waals surface area contributed by atoms with Crippen LogP contribution in [0, 0.1) is 0 Å². The van der Waals surface area contributed by atoms with Gasteiger partial charge in [0.2, 0.25) is 5.91 Å². The average Bonchev–Trinajstić information content (AvgIpc) is 2.98. The number of carbonyl (C=O) groups excluding carboxylic acids is 1. The molecule has 1 aromatic carbocycles. The minimum absolute atomic E-state index is 0.0919. The van der Waals surface area contributed by atoms with Gasteiger partial charge in [0.25, 0.3) is 0 Å². The molecule has 1 amide bonds. The van der Waals surface area contributed by atoms with E-state index in [4.69, 9.17) is 5.11 Å². The molecule has 0 radical (unpaired) electrons. The molecule has 1 aromatic heterocycles. The van der Waals surface area contributed by atoms with Gasteiger partial charge >= 0.3 is 5.97 Å². The zero-order valence-electron chi connectivity index (χ0n) is 11.5. The fourth-order valence-corrected chi connectivity index (χ4v) is 2.39. The molecule has 0 fully saturated rings. The number of aromatic carboxylic acids is 1. The molecule has 2 rings (SSSR count). The predicted molar refractivity (Wildman–Crippen MR) is 83.2 cm³/mol. The average molecular weight is 301 g/mol. The number of carboxylic acid groups (broad SMARTS) is 1. The van der Waals surface area contributed by atoms with E-state index in [0.29, 0.717) is 6.54 Å². The van der Waals surface area contributed by atoms with Crippen molar-refractivity contribution in [2.24, 2.45) is 0 Å². The molecule has 0 bridgehead atoms. The molecule has 1 heterocycles. The van der Waals surface area contributed by atoms with Crippen molar-refractivity contribution in [3.63, 3.8) is 0 Å². The highest BCUT2D eigenvalue weighted by Crippen LogP contribution is 2.11. The lowest BCUT2D eigenvalue weighted by atomic mass is 10.1. The molecule has 0 aliphatic rings. The van der Waals surface area contributed by atoms with Gasteiger partial charge in [-0.15, -0.1) is 11.3 Å². The van der Waals surface area contributed by atoms with Crippen molar-refractivity contribution in [1.82, 2.24) is 4.90 Å². The Kier molecular flexibility index (Phi) is 4.90. The van der Waals surface area contributed by atoms with E-state index in [1.165, 1.54) is 18.2 Å². The van der Waals surface area contributed by atoms with E-state index in [2.05, 4.69) is 0 Å². The lowest BCUT2D eigenvalue weighted by Crippen LogP contribution is -2.24. The number of carbonyl (C=O) groups is 2. The molecule has 5 heteroatoms. The fourth-order valence-electron chi connectivity index (χ4n) is 1.77. The number of amides is 1. The first-order chi connectivity index (χ1) is 10.1. The number of thiophene rings is 1. The Morgan fingerprint density at radius 2 is 1.95 bits per heavy atom. The third-order valence-corrected chi connectivity index (χ3v) is 3.77. The van der Waals surface area contributed by atoms with Crippen LogP contribution in [-0.2, 0) is 11.3 Å². The van der Waals surface area contributed by atoms with Crippen LogP contribution < -0.4 is 0 Å². The summed E-state index contributed by atoms with van der Waals surface area (Å²) in [5.41, 5.74) is 1.13. The Balaban J connectivity index is 1.95. The lowest BCUT2D eigenvalue weighted by Gasteiger charge is -2.15. The Labute approximate surface area is 127 Å². The SMILES string of the molecule is CN(Cc1ccc(C(=O)O)cc1)C(=O)/C=C/c1cccs1. The molecule has 0 saturated heterocycles. The summed E-state index contributed by atoms with van der Waals surface area (Å²) in [6.45, 7) is 0.438. The molecule has 21 heavy (non-hydrogen) atoms. The highest BCUT2D eigenvalue weighted by Gasteiger charge is 2.07. The first kappa shape index (κ1) is 15.0. The minimum Gasteiger partial charge on any atom is -0.478 e. The van der Waals surface area contributed by atoms with Gasteiger partial charge in [0, 0.05) is 24.5 Å². The van der Waals surface area contributed by atoms with Crippen LogP contribution in [0.2, 0.25) is 0 Å². The van der Waals surface area contributed by atoms with Crippen molar-refractivity contribution in [1.29, 1.82) is 0 Å². The zero-order valence-corrected chi connectivity index (χ0v) is 12.3. The molecular formula is C16H15NO3S. The largest absolute Gasteiger partial charge is 0.478 e. The molecule has 1 N–H and O–H groups in total. The summed E-state index contributed by atoms with van der Waals surface area (Å²) >= 11 is 1.57. The van der Waals surface area contributed by atoms with Crippen LogP contribution in [0.1, 0.15) is 20.8 Å². The maximum atomic E-state index is 12.0. The van der Waals surface area contributed by atoms with Gasteiger partial charge in [0.05, 0.1) is 5.56 Å². The second-order valence-electron chi connectivity index (χ2n) is 4.55. The van der Waals surface area contributed by atoms with E-state index < -0.39 is 5.97 Å². The highest BCUT2D eigenvalue weighted by molar-refractivity contribution is 7.10. The van der Waals surface area contributed by atoms with Crippen LogP contribution in [-0.4, -0.2) is 28.9 Å². The highest BCUT2D eigenvalue weighted by atomic mass is 32.1. The molecule has 0 aliphatic carbocycles. The molecule has 0 spiro atoms. The summed E-state index contributed by atoms with van der Waals surface area (Å²) in [6.07, 6.45) is 3.33. The van der Waals surface area contributed by atoms with Gasteiger partial charge < -0.3 is 10.0 Å². The number of likely N-dealkylation sites (N-methyl/N-ethyl adjacent to an activating group) is 1. The van der Waals surface area contributed by atoms with Gasteiger partial charge in [0.15, 0.2) is 0 Å². The van der Waals surface area contributed by atoms with Crippen LogP contribution >= 0.6 is 11.3 Å². The Bertz CT molecular complexity index is 645. The summed E-state index contributed by atoms with van der Waals surface area (Å²) in [5.74, 6) is -1.05. The van der Waals surface area contributed by atoms with E-state index in [9.17, 15) is 9.59 Å². The third-order valence-electron chi connectivity index (χ3n) is 2.93. The maximum absolute atomic E-state index is 12.0. The maximum Gasteiger partial charge on any atom is 0.335 e. The summed E-state index contributed by atoms with van der Waals surface area (Å²) in [5, 5.41) is 10.8. The molecule has 0 unspecified atom stereocenters. The molecular weight excluding hydrogens is 286 g/mol. The summed E-state index contributed by atoms with van der Waals surface area (Å²) < 4.78 is 0. The molecule has 108 valence electrons. The minimum atomic E-state index is -0.954. The molecule has 4 nitrogen and oxygen atoms in total. The second-order valence-corrected chi connectivity index (χ2v) is 5.52. The van der Waals surface area contributed by atoms with Crippen molar-refractivity contribution < 1.29 is 14.7 Å². The Morgan fingerprint density at radius 1 is 1.24 bits per heavy atom. The van der Waals surface area contributed by atoms with Crippen LogP contribution in [0.4, 0.5) is 0 Å². The smallest absolute Gasteiger partial charge is 0.335 e. The van der Waals surface area contributed by atoms with Crippen molar-refractivity contribution in [3.8, 4) is 0 Å². The van der Waals surface area contributed by atoms with Gasteiger partial charge in [-0.2, -0.15) is 0 Å². The second kappa shape index (κ2) is 6.85. The number of rotatable bonds is 5. The van der Waals surface area contributed by atoms with E-state index in [1.807, 2.05) is 17.5 Å². The quantitative estimate of drug-likeness (QED) is 0.863. The van der Waals surface area contributed by atoms with Gasteiger partial charge in [0.1, 0.15) is 0 Å². The normalized spacial score (nSPS) is 10.7. The van der Waals surface area contributed by atoms with Crippen molar-refractivity contribution in [2.75, 3.05) is 7.05 Å². The number of benzene rings is 1. The Hall–Kier alpha value is -2.40. The van der Waals surface area contributed by atoms with Crippen LogP contribution in [0.15, 0.2) is 47.9 Å². The standard InChI is InChI=1S/C16H15NO3S/c1-17(15(18)9-8-14-3-2-10-21-14)11-12-4-6-13(7-5-12)16(19)20/h2-10H,11H2,1H3,(H,19,20)/b9-8+. The topological polar surface area (TPSA) is 57.6 Å². The van der Waals surface area contributed by atoms with Gasteiger partial charge in [-0.05, 0) is 35.2 Å². The number of hydrogen-bond acceptors (Lipinski definition) is 3. The number of carboxylic acids is 1. The van der Waals surface area contributed by atoms with Crippen molar-refractivity contribution in [3.05, 3.63) is 63.9 Å². The van der Waals surface area contributed by atoms with Crippen LogP contribution in [0.25, 0.3) is 6.08 Å². The van der Waals surface area contributed by atoms with Crippen LogP contribution in [0.5, 0.6) is 0 Å². The first-order valence-corrected chi connectivity index (χ1v) is 7.23. The van der Waals surface area contributed by atoms with E-state index in [1.54, 1.807) is 41.5 Å². The Morgan fingerprint density at radius 3 is 2.52 bits per heavy atom. The zero-order chi connectivity index (χ0) is 15.2. The van der Waals surface area contributed by atoms with Gasteiger partial charge in [-0.25, -0.2) is 4.79 Å². The summed E-state index contributed by atoms with van der Waals surface area (Å²) in [6, 6.07) is 10.4. The van der Waals surface area contributed by atoms with E-state index in [-0.39, 0.29) is 11.5 Å².